The van der Waals surface area contributed by atoms with E-state index >= 15 is 0 Å². The van der Waals surface area contributed by atoms with Crippen molar-refractivity contribution in [2.24, 2.45) is 5.73 Å². The maximum absolute atomic E-state index is 9.99. The molecule has 52 valence electrons. The Balaban J connectivity index is 3.63. The van der Waals surface area contributed by atoms with Crippen LogP contribution in [0.1, 0.15) is 6.42 Å². The van der Waals surface area contributed by atoms with Crippen molar-refractivity contribution in [3.05, 3.63) is 0 Å². The topological polar surface area (TPSA) is 80.4 Å². The van der Waals surface area contributed by atoms with Gasteiger partial charge in [0.2, 0.25) is 5.91 Å². The van der Waals surface area contributed by atoms with Crippen LogP contribution in [0.5, 0.6) is 0 Å². The third-order valence-electron chi connectivity index (χ3n) is 0.648. The fourth-order valence-corrected chi connectivity index (χ4v) is 0.416. The van der Waals surface area contributed by atoms with Gasteiger partial charge in [0.15, 0.2) is 0 Å². The average molecular weight is 152 g/mol. The van der Waals surface area contributed by atoms with Crippen LogP contribution in [0.2, 0.25) is 0 Å². The number of amides is 1. The number of hydrogen-bond acceptors (Lipinski definition) is 2. The Kier molecular flexibility index (Phi) is 3.01. The maximum atomic E-state index is 9.99. The molecule has 0 fully saturated rings. The monoisotopic (exact) mass is 151 g/mol. The van der Waals surface area contributed by atoms with Crippen LogP contribution >= 0.6 is 11.6 Å². The van der Waals surface area contributed by atoms with Gasteiger partial charge in [-0.05, 0) is 0 Å². The van der Waals surface area contributed by atoms with Crippen molar-refractivity contribution in [1.82, 2.24) is 0 Å². The maximum Gasteiger partial charge on any atom is 0.322 e. The summed E-state index contributed by atoms with van der Waals surface area (Å²) in [6, 6.07) is 0. The van der Waals surface area contributed by atoms with Gasteiger partial charge in [-0.3, -0.25) is 9.59 Å². The third-order valence-corrected chi connectivity index (χ3v) is 0.989. The largest absolute Gasteiger partial charge is 0.480 e. The average Bonchev–Trinajstić information content (AvgIpc) is 1.63. The van der Waals surface area contributed by atoms with E-state index in [1.165, 1.54) is 0 Å². The summed E-state index contributed by atoms with van der Waals surface area (Å²) in [7, 11) is 0. The number of carboxylic acids is 1. The standard InChI is InChI=1S/C4H6ClNO3/c5-2(4(8)9)1-3(6)7/h2H,1H2,(H2,6,7)(H,8,9)/t2-/m1/s1. The zero-order valence-corrected chi connectivity index (χ0v) is 5.26. The molecule has 0 saturated carbocycles. The summed E-state index contributed by atoms with van der Waals surface area (Å²) in [6.45, 7) is 0. The molecule has 3 N–H and O–H groups in total. The number of primary amides is 1. The number of hydrogen-bond donors (Lipinski definition) is 2. The lowest BCUT2D eigenvalue weighted by Crippen LogP contribution is -2.22. The highest BCUT2D eigenvalue weighted by atomic mass is 35.5. The van der Waals surface area contributed by atoms with Gasteiger partial charge in [0.1, 0.15) is 5.38 Å². The van der Waals surface area contributed by atoms with Crippen molar-refractivity contribution in [1.29, 1.82) is 0 Å². The smallest absolute Gasteiger partial charge is 0.322 e. The highest BCUT2D eigenvalue weighted by Gasteiger charge is 2.15. The molecule has 0 radical (unpaired) electrons. The number of carbonyl (C=O) groups is 2. The minimum Gasteiger partial charge on any atom is -0.480 e. The van der Waals surface area contributed by atoms with Gasteiger partial charge in [0.05, 0.1) is 6.42 Å². The van der Waals surface area contributed by atoms with Crippen LogP contribution in [-0.4, -0.2) is 22.4 Å². The van der Waals surface area contributed by atoms with E-state index in [2.05, 4.69) is 5.73 Å². The fourth-order valence-electron chi connectivity index (χ4n) is 0.264. The van der Waals surface area contributed by atoms with E-state index in [0.29, 0.717) is 0 Å². The van der Waals surface area contributed by atoms with Crippen LogP contribution in [0.4, 0.5) is 0 Å². The van der Waals surface area contributed by atoms with Crippen molar-refractivity contribution >= 4 is 23.5 Å². The molecule has 0 spiro atoms. The molecular weight excluding hydrogens is 146 g/mol. The highest BCUT2D eigenvalue weighted by Crippen LogP contribution is 1.99. The molecule has 4 nitrogen and oxygen atoms in total. The number of nitrogens with two attached hydrogens (primary N) is 1. The van der Waals surface area contributed by atoms with Gasteiger partial charge < -0.3 is 10.8 Å². The van der Waals surface area contributed by atoms with Crippen molar-refractivity contribution in [3.8, 4) is 0 Å². The quantitative estimate of drug-likeness (QED) is 0.537. The second-order valence-electron chi connectivity index (χ2n) is 1.48. The molecule has 0 saturated heterocycles. The molecule has 0 bridgehead atoms. The molecule has 1 amide bonds. The van der Waals surface area contributed by atoms with E-state index in [0.717, 1.165) is 0 Å². The van der Waals surface area contributed by atoms with E-state index in [1.54, 1.807) is 0 Å². The summed E-state index contributed by atoms with van der Waals surface area (Å²) < 4.78 is 0. The minimum atomic E-state index is -1.23. The van der Waals surface area contributed by atoms with E-state index in [-0.39, 0.29) is 6.42 Å². The summed E-state index contributed by atoms with van der Waals surface area (Å²) >= 11 is 5.11. The third kappa shape index (κ3) is 3.78. The molecule has 0 aromatic carbocycles. The Bertz CT molecular complexity index is 136. The van der Waals surface area contributed by atoms with E-state index in [1.807, 2.05) is 0 Å². The Morgan fingerprint density at radius 3 is 2.22 bits per heavy atom. The van der Waals surface area contributed by atoms with E-state index in [9.17, 15) is 9.59 Å². The summed E-state index contributed by atoms with van der Waals surface area (Å²) in [6.07, 6.45) is -0.323. The van der Waals surface area contributed by atoms with Gasteiger partial charge in [0.25, 0.3) is 0 Å². The molecule has 5 heteroatoms. The molecule has 0 aliphatic rings. The van der Waals surface area contributed by atoms with Crippen molar-refractivity contribution in [2.45, 2.75) is 11.8 Å². The van der Waals surface area contributed by atoms with Gasteiger partial charge in [-0.2, -0.15) is 0 Å². The van der Waals surface area contributed by atoms with Crippen molar-refractivity contribution < 1.29 is 14.7 Å². The van der Waals surface area contributed by atoms with Gasteiger partial charge >= 0.3 is 5.97 Å². The summed E-state index contributed by atoms with van der Waals surface area (Å²) in [5.74, 6) is -1.94. The van der Waals surface area contributed by atoms with Gasteiger partial charge in [-0.1, -0.05) is 0 Å². The predicted octanol–water partition coefficient (Wildman–Crippen LogP) is -0.446. The lowest BCUT2D eigenvalue weighted by atomic mass is 10.3. The van der Waals surface area contributed by atoms with Gasteiger partial charge in [0, 0.05) is 0 Å². The predicted molar refractivity (Wildman–Crippen MR) is 31.1 cm³/mol. The first-order chi connectivity index (χ1) is 4.04. The number of halogens is 1. The number of carbonyl (C=O) groups excluding carboxylic acids is 1. The lowest BCUT2D eigenvalue weighted by molar-refractivity contribution is -0.138. The second-order valence-corrected chi connectivity index (χ2v) is 2.00. The zero-order chi connectivity index (χ0) is 7.44. The van der Waals surface area contributed by atoms with Crippen LogP contribution < -0.4 is 5.73 Å². The summed E-state index contributed by atoms with van der Waals surface area (Å²) in [4.78, 5) is 19.9. The van der Waals surface area contributed by atoms with Crippen LogP contribution in [0, 0.1) is 0 Å². The number of rotatable bonds is 3. The Hall–Kier alpha value is -0.770. The van der Waals surface area contributed by atoms with Gasteiger partial charge in [-0.15, -0.1) is 11.6 Å². The van der Waals surface area contributed by atoms with Gasteiger partial charge in [-0.25, -0.2) is 0 Å². The summed E-state index contributed by atoms with van der Waals surface area (Å²) in [5, 5.41) is 6.90. The normalized spacial score (nSPS) is 12.6. The number of alkyl halides is 1. The molecule has 0 rings (SSSR count). The van der Waals surface area contributed by atoms with Crippen LogP contribution in [0.3, 0.4) is 0 Å². The first kappa shape index (κ1) is 8.23. The number of aliphatic carboxylic acids is 1. The van der Waals surface area contributed by atoms with E-state index in [4.69, 9.17) is 16.7 Å². The molecular formula is C4H6ClNO3. The zero-order valence-electron chi connectivity index (χ0n) is 4.50. The number of carboxylic acid groups (broad SMARTS) is 1. The molecule has 0 aromatic heterocycles. The second kappa shape index (κ2) is 3.29. The first-order valence-electron chi connectivity index (χ1n) is 2.19. The minimum absolute atomic E-state index is 0.323. The molecule has 9 heavy (non-hydrogen) atoms. The molecule has 0 aromatic rings. The van der Waals surface area contributed by atoms with Crippen LogP contribution in [0.15, 0.2) is 0 Å². The summed E-state index contributed by atoms with van der Waals surface area (Å²) in [5.41, 5.74) is 4.64. The Morgan fingerprint density at radius 1 is 1.67 bits per heavy atom. The molecule has 0 heterocycles. The first-order valence-corrected chi connectivity index (χ1v) is 2.63. The SMILES string of the molecule is NC(=O)C[C@@H](Cl)C(=O)O. The van der Waals surface area contributed by atoms with Crippen molar-refractivity contribution in [3.63, 3.8) is 0 Å². The molecule has 0 aliphatic carbocycles. The Labute approximate surface area is 56.6 Å². The molecule has 0 aliphatic heterocycles. The van der Waals surface area contributed by atoms with E-state index < -0.39 is 17.3 Å². The Morgan fingerprint density at radius 2 is 2.11 bits per heavy atom. The molecule has 1 atom stereocenters. The highest BCUT2D eigenvalue weighted by molar-refractivity contribution is 6.30. The fraction of sp³-hybridized carbons (Fsp3) is 0.500. The van der Waals surface area contributed by atoms with Crippen LogP contribution in [0.25, 0.3) is 0 Å². The molecule has 0 unspecified atom stereocenters. The lowest BCUT2D eigenvalue weighted by Gasteiger charge is -1.97. The van der Waals surface area contributed by atoms with Crippen LogP contribution in [-0.2, 0) is 9.59 Å². The van der Waals surface area contributed by atoms with Crippen molar-refractivity contribution in [2.75, 3.05) is 0 Å².